The monoisotopic (exact) mass is 423 g/mol. The van der Waals surface area contributed by atoms with E-state index in [2.05, 4.69) is 0 Å². The average molecular weight is 423 g/mol. The number of nitrogens with zero attached hydrogens (tertiary/aromatic N) is 1. The van der Waals surface area contributed by atoms with Crippen molar-refractivity contribution in [3.63, 3.8) is 0 Å². The highest BCUT2D eigenvalue weighted by Gasteiger charge is 2.40. The minimum atomic E-state index is -3.98. The van der Waals surface area contributed by atoms with Gasteiger partial charge < -0.3 is 9.84 Å². The first-order valence-corrected chi connectivity index (χ1v) is 11.0. The van der Waals surface area contributed by atoms with Crippen molar-refractivity contribution in [2.24, 2.45) is 0 Å². The van der Waals surface area contributed by atoms with Crippen molar-refractivity contribution in [1.29, 1.82) is 0 Å². The number of fused-ring (bicyclic) bond motifs is 1. The van der Waals surface area contributed by atoms with Gasteiger partial charge >= 0.3 is 5.97 Å². The molecular weight excluding hydrogens is 402 g/mol. The Morgan fingerprint density at radius 2 is 1.57 bits per heavy atom. The zero-order valence-corrected chi connectivity index (χ0v) is 17.0. The molecule has 0 saturated heterocycles. The standard InChI is InChI=1S/C23H21NO5S/c25-20-10-12-21(13-11-20)30(27,28)24-15-19-9-5-4-8-18(19)14-22(24)23(26)29-16-17-6-2-1-3-7-17/h1-13,22,25H,14-16H2/t22-/m0/s1. The molecule has 0 radical (unpaired) electrons. The fourth-order valence-corrected chi connectivity index (χ4v) is 5.09. The zero-order valence-electron chi connectivity index (χ0n) is 16.1. The van der Waals surface area contributed by atoms with Crippen molar-refractivity contribution in [1.82, 2.24) is 4.31 Å². The summed E-state index contributed by atoms with van der Waals surface area (Å²) in [6, 6.07) is 21.0. The van der Waals surface area contributed by atoms with Crippen LogP contribution < -0.4 is 0 Å². The van der Waals surface area contributed by atoms with Crippen molar-refractivity contribution < 1.29 is 23.1 Å². The Bertz CT molecular complexity index is 1140. The summed E-state index contributed by atoms with van der Waals surface area (Å²) in [7, 11) is -3.98. The number of carbonyl (C=O) groups is 1. The van der Waals surface area contributed by atoms with Crippen molar-refractivity contribution in [2.45, 2.75) is 30.5 Å². The third-order valence-electron chi connectivity index (χ3n) is 5.14. The largest absolute Gasteiger partial charge is 0.508 e. The van der Waals surface area contributed by atoms with Crippen molar-refractivity contribution in [3.8, 4) is 5.75 Å². The van der Waals surface area contributed by atoms with Crippen LogP contribution in [-0.4, -0.2) is 29.8 Å². The Kier molecular flexibility index (Phi) is 5.57. The average Bonchev–Trinajstić information content (AvgIpc) is 2.77. The lowest BCUT2D eigenvalue weighted by atomic mass is 9.96. The van der Waals surface area contributed by atoms with Crippen LogP contribution in [0.15, 0.2) is 83.8 Å². The molecule has 154 valence electrons. The molecule has 3 aromatic carbocycles. The number of sulfonamides is 1. The molecule has 3 aromatic rings. The fraction of sp³-hybridized carbons (Fsp3) is 0.174. The normalized spacial score (nSPS) is 16.6. The van der Waals surface area contributed by atoms with Gasteiger partial charge in [0.05, 0.1) is 4.90 Å². The van der Waals surface area contributed by atoms with E-state index in [1.165, 1.54) is 28.6 Å². The first kappa shape index (κ1) is 20.1. The molecule has 0 aliphatic carbocycles. The van der Waals surface area contributed by atoms with E-state index < -0.39 is 22.0 Å². The number of aromatic hydroxyl groups is 1. The molecule has 1 aliphatic rings. The van der Waals surface area contributed by atoms with E-state index in [0.29, 0.717) is 0 Å². The van der Waals surface area contributed by atoms with Gasteiger partial charge in [0, 0.05) is 13.0 Å². The van der Waals surface area contributed by atoms with Gasteiger partial charge in [-0.2, -0.15) is 4.31 Å². The highest BCUT2D eigenvalue weighted by molar-refractivity contribution is 7.89. The second-order valence-electron chi connectivity index (χ2n) is 7.13. The molecule has 0 fully saturated rings. The molecule has 1 aliphatic heterocycles. The molecule has 0 saturated carbocycles. The minimum Gasteiger partial charge on any atom is -0.508 e. The third kappa shape index (κ3) is 4.08. The van der Waals surface area contributed by atoms with Gasteiger partial charge in [0.2, 0.25) is 10.0 Å². The molecule has 0 amide bonds. The van der Waals surface area contributed by atoms with E-state index in [-0.39, 0.29) is 30.2 Å². The van der Waals surface area contributed by atoms with E-state index in [0.717, 1.165) is 16.7 Å². The Labute approximate surface area is 175 Å². The maximum absolute atomic E-state index is 13.3. The van der Waals surface area contributed by atoms with Gasteiger partial charge in [0.15, 0.2) is 0 Å². The van der Waals surface area contributed by atoms with Gasteiger partial charge in [0.1, 0.15) is 18.4 Å². The summed E-state index contributed by atoms with van der Waals surface area (Å²) in [6.07, 6.45) is 0.237. The summed E-state index contributed by atoms with van der Waals surface area (Å²) in [5, 5.41) is 9.50. The number of phenols is 1. The quantitative estimate of drug-likeness (QED) is 0.637. The smallest absolute Gasteiger partial charge is 0.325 e. The van der Waals surface area contributed by atoms with Gasteiger partial charge in [-0.25, -0.2) is 8.42 Å². The maximum Gasteiger partial charge on any atom is 0.325 e. The van der Waals surface area contributed by atoms with Crippen LogP contribution in [0.25, 0.3) is 0 Å². The zero-order chi connectivity index (χ0) is 21.1. The maximum atomic E-state index is 13.3. The molecule has 0 aromatic heterocycles. The lowest BCUT2D eigenvalue weighted by Crippen LogP contribution is -2.49. The minimum absolute atomic E-state index is 0.0144. The Morgan fingerprint density at radius 1 is 0.933 bits per heavy atom. The van der Waals surface area contributed by atoms with E-state index in [9.17, 15) is 18.3 Å². The number of hydrogen-bond acceptors (Lipinski definition) is 5. The molecule has 0 unspecified atom stereocenters. The first-order chi connectivity index (χ1) is 14.4. The van der Waals surface area contributed by atoms with Gasteiger partial charge in [-0.15, -0.1) is 0 Å². The number of phenolic OH excluding ortho intramolecular Hbond substituents is 1. The molecule has 1 atom stereocenters. The van der Waals surface area contributed by atoms with E-state index in [4.69, 9.17) is 4.74 Å². The van der Waals surface area contributed by atoms with Gasteiger partial charge in [-0.1, -0.05) is 54.6 Å². The second kappa shape index (κ2) is 8.30. The predicted molar refractivity (Wildman–Crippen MR) is 111 cm³/mol. The summed E-state index contributed by atoms with van der Waals surface area (Å²) in [5.41, 5.74) is 2.61. The Hall–Kier alpha value is -3.16. The molecule has 0 spiro atoms. The Balaban J connectivity index is 1.65. The summed E-state index contributed by atoms with van der Waals surface area (Å²) in [4.78, 5) is 13.0. The number of carbonyl (C=O) groups excluding carboxylic acids is 1. The Morgan fingerprint density at radius 3 is 2.27 bits per heavy atom. The number of hydrogen-bond donors (Lipinski definition) is 1. The van der Waals surface area contributed by atoms with Gasteiger partial charge in [0.25, 0.3) is 0 Å². The van der Waals surface area contributed by atoms with E-state index in [1.807, 2.05) is 54.6 Å². The van der Waals surface area contributed by atoms with E-state index in [1.54, 1.807) is 0 Å². The summed E-state index contributed by atoms with van der Waals surface area (Å²) < 4.78 is 33.3. The first-order valence-electron chi connectivity index (χ1n) is 9.53. The lowest BCUT2D eigenvalue weighted by molar-refractivity contribution is -0.150. The second-order valence-corrected chi connectivity index (χ2v) is 9.02. The summed E-state index contributed by atoms with van der Waals surface area (Å²) in [6.45, 7) is 0.148. The van der Waals surface area contributed by atoms with Crippen LogP contribution in [0.1, 0.15) is 16.7 Å². The molecular formula is C23H21NO5S. The van der Waals surface area contributed by atoms with Crippen LogP contribution in [0.4, 0.5) is 0 Å². The summed E-state index contributed by atoms with van der Waals surface area (Å²) >= 11 is 0. The van der Waals surface area contributed by atoms with Crippen LogP contribution in [0.5, 0.6) is 5.75 Å². The molecule has 6 nitrogen and oxygen atoms in total. The SMILES string of the molecule is O=C(OCc1ccccc1)[C@@H]1Cc2ccccc2CN1S(=O)(=O)c1ccc(O)cc1. The van der Waals surface area contributed by atoms with Crippen LogP contribution in [-0.2, 0) is 39.1 Å². The van der Waals surface area contributed by atoms with Crippen LogP contribution in [0.2, 0.25) is 0 Å². The van der Waals surface area contributed by atoms with Crippen LogP contribution in [0.3, 0.4) is 0 Å². The van der Waals surface area contributed by atoms with Gasteiger partial charge in [-0.05, 0) is 41.0 Å². The molecule has 1 N–H and O–H groups in total. The third-order valence-corrected chi connectivity index (χ3v) is 7.01. The van der Waals surface area contributed by atoms with E-state index >= 15 is 0 Å². The van der Waals surface area contributed by atoms with Crippen LogP contribution >= 0.6 is 0 Å². The van der Waals surface area contributed by atoms with Crippen molar-refractivity contribution in [2.75, 3.05) is 0 Å². The fourth-order valence-electron chi connectivity index (χ4n) is 3.53. The number of esters is 1. The molecule has 1 heterocycles. The molecule has 4 rings (SSSR count). The van der Waals surface area contributed by atoms with Gasteiger partial charge in [-0.3, -0.25) is 4.79 Å². The molecule has 7 heteroatoms. The summed E-state index contributed by atoms with van der Waals surface area (Å²) in [5.74, 6) is -0.618. The highest BCUT2D eigenvalue weighted by atomic mass is 32.2. The molecule has 0 bridgehead atoms. The van der Waals surface area contributed by atoms with Crippen molar-refractivity contribution >= 4 is 16.0 Å². The highest BCUT2D eigenvalue weighted by Crippen LogP contribution is 2.30. The lowest BCUT2D eigenvalue weighted by Gasteiger charge is -2.34. The topological polar surface area (TPSA) is 83.9 Å². The van der Waals surface area contributed by atoms with Crippen molar-refractivity contribution in [3.05, 3.63) is 95.6 Å². The van der Waals surface area contributed by atoms with Crippen LogP contribution in [0, 0.1) is 0 Å². The predicted octanol–water partition coefficient (Wildman–Crippen LogP) is 3.25. The number of ether oxygens (including phenoxy) is 1. The molecule has 30 heavy (non-hydrogen) atoms. The number of rotatable bonds is 5. The number of benzene rings is 3.